The number of hydrogen-bond donors (Lipinski definition) is 0. The largest absolute Gasteiger partial charge is 0.253 e. The number of nitrogens with zero attached hydrogens (tertiary/aromatic N) is 1. The number of benzene rings is 1. The summed E-state index contributed by atoms with van der Waals surface area (Å²) in [5, 5.41) is 0. The summed E-state index contributed by atoms with van der Waals surface area (Å²) >= 11 is 0. The third kappa shape index (κ3) is 2.56. The Bertz CT molecular complexity index is 400. The fourth-order valence-corrected chi connectivity index (χ4v) is 1.52. The third-order valence-corrected chi connectivity index (χ3v) is 2.75. The maximum Gasteiger partial charge on any atom is 0.0696 e. The Morgan fingerprint density at radius 1 is 1.40 bits per heavy atom. The smallest absolute Gasteiger partial charge is 0.0696 e. The highest BCUT2D eigenvalue weighted by molar-refractivity contribution is 5.94. The van der Waals surface area contributed by atoms with Gasteiger partial charge in [-0.25, -0.2) is 0 Å². The number of aliphatic imine (C=N–C) groups is 1. The average Bonchev–Trinajstić information content (AvgIpc) is 2.25. The average molecular weight is 201 g/mol. The lowest BCUT2D eigenvalue weighted by atomic mass is 10.0. The summed E-state index contributed by atoms with van der Waals surface area (Å²) in [6.45, 7) is 12.1. The van der Waals surface area contributed by atoms with Crippen molar-refractivity contribution in [1.29, 1.82) is 0 Å². The zero-order valence-corrected chi connectivity index (χ0v) is 10.1. The minimum atomic E-state index is 0.971. The summed E-state index contributed by atoms with van der Waals surface area (Å²) in [7, 11) is 0. The van der Waals surface area contributed by atoms with Gasteiger partial charge in [0.25, 0.3) is 0 Å². The standard InChI is InChI=1S/C14H19N/c1-6-11(4)15-14-12(5)10(3)8-9-13(14)7-2/h6,8-9H,1,7H2,2-5H3/b15-11-. The van der Waals surface area contributed by atoms with Gasteiger partial charge >= 0.3 is 0 Å². The van der Waals surface area contributed by atoms with Crippen LogP contribution < -0.4 is 0 Å². The van der Waals surface area contributed by atoms with Crippen LogP contribution in [-0.4, -0.2) is 5.71 Å². The normalized spacial score (nSPS) is 11.6. The second kappa shape index (κ2) is 4.92. The van der Waals surface area contributed by atoms with Gasteiger partial charge in [-0.05, 0) is 50.0 Å². The number of rotatable bonds is 3. The van der Waals surface area contributed by atoms with E-state index >= 15 is 0 Å². The Morgan fingerprint density at radius 2 is 2.07 bits per heavy atom. The van der Waals surface area contributed by atoms with E-state index in [0.29, 0.717) is 0 Å². The molecule has 0 bridgehead atoms. The first kappa shape index (κ1) is 11.7. The summed E-state index contributed by atoms with van der Waals surface area (Å²) in [6, 6.07) is 4.33. The molecule has 0 unspecified atom stereocenters. The predicted octanol–water partition coefficient (Wildman–Crippen LogP) is 4.14. The lowest BCUT2D eigenvalue weighted by molar-refractivity contribution is 1.11. The minimum Gasteiger partial charge on any atom is -0.253 e. The van der Waals surface area contributed by atoms with Crippen LogP contribution in [0, 0.1) is 13.8 Å². The molecule has 0 atom stereocenters. The predicted molar refractivity (Wildman–Crippen MR) is 68.3 cm³/mol. The van der Waals surface area contributed by atoms with Crippen LogP contribution in [0.1, 0.15) is 30.5 Å². The van der Waals surface area contributed by atoms with Crippen LogP contribution >= 0.6 is 0 Å². The Balaban J connectivity index is 3.36. The minimum absolute atomic E-state index is 0.971. The van der Waals surface area contributed by atoms with E-state index in [-0.39, 0.29) is 0 Å². The number of allylic oxidation sites excluding steroid dienone is 1. The highest BCUT2D eigenvalue weighted by Crippen LogP contribution is 2.27. The summed E-state index contributed by atoms with van der Waals surface area (Å²) in [4.78, 5) is 4.61. The summed E-state index contributed by atoms with van der Waals surface area (Å²) in [5.74, 6) is 0. The summed E-state index contributed by atoms with van der Waals surface area (Å²) < 4.78 is 0. The lowest BCUT2D eigenvalue weighted by Gasteiger charge is -2.10. The molecule has 1 nitrogen and oxygen atoms in total. The molecule has 0 aliphatic heterocycles. The van der Waals surface area contributed by atoms with E-state index in [9.17, 15) is 0 Å². The zero-order chi connectivity index (χ0) is 11.4. The van der Waals surface area contributed by atoms with Gasteiger partial charge in [-0.2, -0.15) is 0 Å². The molecule has 1 aromatic carbocycles. The number of aryl methyl sites for hydroxylation is 2. The first-order chi connectivity index (χ1) is 7.10. The van der Waals surface area contributed by atoms with E-state index in [4.69, 9.17) is 0 Å². The molecule has 80 valence electrons. The van der Waals surface area contributed by atoms with E-state index in [1.165, 1.54) is 16.7 Å². The highest BCUT2D eigenvalue weighted by Gasteiger charge is 2.05. The van der Waals surface area contributed by atoms with Crippen molar-refractivity contribution in [1.82, 2.24) is 0 Å². The maximum absolute atomic E-state index is 4.61. The van der Waals surface area contributed by atoms with Gasteiger partial charge in [-0.1, -0.05) is 25.6 Å². The van der Waals surface area contributed by atoms with Gasteiger partial charge in [0.15, 0.2) is 0 Å². The molecule has 1 rings (SSSR count). The van der Waals surface area contributed by atoms with Crippen LogP contribution in [0.25, 0.3) is 0 Å². The van der Waals surface area contributed by atoms with Crippen molar-refractivity contribution in [2.24, 2.45) is 4.99 Å². The molecule has 0 saturated carbocycles. The Kier molecular flexibility index (Phi) is 3.84. The van der Waals surface area contributed by atoms with Gasteiger partial charge < -0.3 is 0 Å². The van der Waals surface area contributed by atoms with Gasteiger partial charge in [0.05, 0.1) is 5.69 Å². The molecule has 0 N–H and O–H groups in total. The van der Waals surface area contributed by atoms with Crippen LogP contribution in [0.15, 0.2) is 29.8 Å². The van der Waals surface area contributed by atoms with Gasteiger partial charge in [-0.15, -0.1) is 0 Å². The van der Waals surface area contributed by atoms with Crippen LogP contribution in [0.5, 0.6) is 0 Å². The van der Waals surface area contributed by atoms with Crippen molar-refractivity contribution >= 4 is 11.4 Å². The van der Waals surface area contributed by atoms with E-state index in [0.717, 1.165) is 17.8 Å². The summed E-state index contributed by atoms with van der Waals surface area (Å²) in [6.07, 6.45) is 2.81. The van der Waals surface area contributed by atoms with Crippen molar-refractivity contribution in [3.8, 4) is 0 Å². The molecule has 0 spiro atoms. The Morgan fingerprint density at radius 3 is 2.60 bits per heavy atom. The molecule has 1 aromatic rings. The van der Waals surface area contributed by atoms with Crippen LogP contribution in [0.4, 0.5) is 5.69 Å². The SMILES string of the molecule is C=C/C(C)=N\c1c(CC)ccc(C)c1C. The molecular formula is C14H19N. The third-order valence-electron chi connectivity index (χ3n) is 2.75. The van der Waals surface area contributed by atoms with Crippen LogP contribution in [0.3, 0.4) is 0 Å². The van der Waals surface area contributed by atoms with Crippen molar-refractivity contribution < 1.29 is 0 Å². The topological polar surface area (TPSA) is 12.4 Å². The summed E-state index contributed by atoms with van der Waals surface area (Å²) in [5.41, 5.74) is 5.96. The highest BCUT2D eigenvalue weighted by atomic mass is 14.7. The fraction of sp³-hybridized carbons (Fsp3) is 0.357. The molecular weight excluding hydrogens is 182 g/mol. The molecule has 0 saturated heterocycles. The second-order valence-electron chi connectivity index (χ2n) is 3.83. The van der Waals surface area contributed by atoms with E-state index in [2.05, 4.69) is 44.5 Å². The van der Waals surface area contributed by atoms with Gasteiger partial charge in [-0.3, -0.25) is 4.99 Å². The van der Waals surface area contributed by atoms with E-state index in [1.807, 2.05) is 6.92 Å². The molecule has 0 fully saturated rings. The molecule has 0 amide bonds. The monoisotopic (exact) mass is 201 g/mol. The van der Waals surface area contributed by atoms with Crippen molar-refractivity contribution in [3.05, 3.63) is 41.5 Å². The fourth-order valence-electron chi connectivity index (χ4n) is 1.52. The lowest BCUT2D eigenvalue weighted by Crippen LogP contribution is -1.91. The van der Waals surface area contributed by atoms with Crippen molar-refractivity contribution in [3.63, 3.8) is 0 Å². The molecule has 15 heavy (non-hydrogen) atoms. The maximum atomic E-state index is 4.61. The molecule has 0 aliphatic rings. The first-order valence-corrected chi connectivity index (χ1v) is 5.37. The molecule has 0 radical (unpaired) electrons. The van der Waals surface area contributed by atoms with Gasteiger partial charge in [0.2, 0.25) is 0 Å². The first-order valence-electron chi connectivity index (χ1n) is 5.37. The van der Waals surface area contributed by atoms with Crippen LogP contribution in [0.2, 0.25) is 0 Å². The van der Waals surface area contributed by atoms with Crippen LogP contribution in [-0.2, 0) is 6.42 Å². The van der Waals surface area contributed by atoms with E-state index < -0.39 is 0 Å². The molecule has 0 aliphatic carbocycles. The Labute approximate surface area is 92.6 Å². The van der Waals surface area contributed by atoms with Gasteiger partial charge in [0, 0.05) is 5.71 Å². The molecule has 0 aromatic heterocycles. The number of hydrogen-bond acceptors (Lipinski definition) is 1. The zero-order valence-electron chi connectivity index (χ0n) is 10.1. The van der Waals surface area contributed by atoms with E-state index in [1.54, 1.807) is 6.08 Å². The Hall–Kier alpha value is -1.37. The van der Waals surface area contributed by atoms with Crippen molar-refractivity contribution in [2.45, 2.75) is 34.1 Å². The second-order valence-corrected chi connectivity index (χ2v) is 3.83. The van der Waals surface area contributed by atoms with Crippen molar-refractivity contribution in [2.75, 3.05) is 0 Å². The quantitative estimate of drug-likeness (QED) is 0.652. The molecule has 1 heteroatoms. The van der Waals surface area contributed by atoms with Gasteiger partial charge in [0.1, 0.15) is 0 Å². The molecule has 0 heterocycles.